The van der Waals surface area contributed by atoms with E-state index in [0.717, 1.165) is 22.5 Å². The largest absolute Gasteiger partial charge is 0.328 e. The molecule has 1 aliphatic heterocycles. The standard InChI is InChI=1S/C12H16FN3O4S.ClH/c1-8(14)9-5-6-15(7-9)21(19,20)12-10(13)3-2-4-11(12)16(17)18;/h2-4,8-9H,5-7,14H2,1H3;1H. The van der Waals surface area contributed by atoms with Gasteiger partial charge in [0.15, 0.2) is 4.90 Å². The molecule has 22 heavy (non-hydrogen) atoms. The van der Waals surface area contributed by atoms with Gasteiger partial charge >= 0.3 is 0 Å². The molecule has 7 nitrogen and oxygen atoms in total. The summed E-state index contributed by atoms with van der Waals surface area (Å²) in [5, 5.41) is 10.9. The van der Waals surface area contributed by atoms with Gasteiger partial charge in [0.25, 0.3) is 15.7 Å². The van der Waals surface area contributed by atoms with Gasteiger partial charge in [0, 0.05) is 25.2 Å². The Balaban J connectivity index is 0.00000242. The Kier molecular flexibility index (Phi) is 5.85. The van der Waals surface area contributed by atoms with Gasteiger partial charge < -0.3 is 5.73 Å². The zero-order chi connectivity index (χ0) is 15.8. The Labute approximate surface area is 133 Å². The van der Waals surface area contributed by atoms with Gasteiger partial charge in [-0.3, -0.25) is 10.1 Å². The van der Waals surface area contributed by atoms with Crippen molar-refractivity contribution in [1.29, 1.82) is 0 Å². The average Bonchev–Trinajstić information content (AvgIpc) is 2.88. The summed E-state index contributed by atoms with van der Waals surface area (Å²) >= 11 is 0. The number of sulfonamides is 1. The molecule has 1 aromatic carbocycles. The summed E-state index contributed by atoms with van der Waals surface area (Å²) in [7, 11) is -4.25. The van der Waals surface area contributed by atoms with E-state index in [2.05, 4.69) is 0 Å². The van der Waals surface area contributed by atoms with Crippen LogP contribution in [0.25, 0.3) is 0 Å². The van der Waals surface area contributed by atoms with Crippen molar-refractivity contribution in [3.63, 3.8) is 0 Å². The van der Waals surface area contributed by atoms with Crippen molar-refractivity contribution < 1.29 is 17.7 Å². The monoisotopic (exact) mass is 353 g/mol. The SMILES string of the molecule is CC(N)C1CCN(S(=O)(=O)c2c(F)cccc2[N+](=O)[O-])C1.Cl. The number of nitro groups is 1. The fraction of sp³-hybridized carbons (Fsp3) is 0.500. The Morgan fingerprint density at radius 1 is 1.50 bits per heavy atom. The van der Waals surface area contributed by atoms with Crippen LogP contribution in [0.4, 0.5) is 10.1 Å². The highest BCUT2D eigenvalue weighted by Crippen LogP contribution is 2.32. The van der Waals surface area contributed by atoms with E-state index in [1.807, 2.05) is 0 Å². The van der Waals surface area contributed by atoms with E-state index in [-0.39, 0.29) is 37.5 Å². The topological polar surface area (TPSA) is 107 Å². The van der Waals surface area contributed by atoms with Gasteiger partial charge in [0.2, 0.25) is 0 Å². The third kappa shape index (κ3) is 3.37. The quantitative estimate of drug-likeness (QED) is 0.652. The van der Waals surface area contributed by atoms with Crippen LogP contribution in [0, 0.1) is 21.8 Å². The molecule has 2 rings (SSSR count). The number of hydrogen-bond donors (Lipinski definition) is 1. The van der Waals surface area contributed by atoms with Gasteiger partial charge in [-0.15, -0.1) is 12.4 Å². The van der Waals surface area contributed by atoms with Gasteiger partial charge in [-0.05, 0) is 25.3 Å². The lowest BCUT2D eigenvalue weighted by Crippen LogP contribution is -2.33. The van der Waals surface area contributed by atoms with Crippen molar-refractivity contribution in [3.8, 4) is 0 Å². The molecule has 124 valence electrons. The summed E-state index contributed by atoms with van der Waals surface area (Å²) in [6, 6.07) is 2.80. The first-order valence-corrected chi connectivity index (χ1v) is 7.87. The second-order valence-corrected chi connectivity index (χ2v) is 6.99. The number of hydrogen-bond acceptors (Lipinski definition) is 5. The minimum absolute atomic E-state index is 0. The predicted molar refractivity (Wildman–Crippen MR) is 80.8 cm³/mol. The summed E-state index contributed by atoms with van der Waals surface area (Å²) in [5.41, 5.74) is 5.00. The molecular formula is C12H17ClFN3O4S. The molecule has 2 unspecified atom stereocenters. The van der Waals surface area contributed by atoms with Crippen molar-refractivity contribution >= 4 is 28.1 Å². The van der Waals surface area contributed by atoms with Crippen molar-refractivity contribution in [3.05, 3.63) is 34.1 Å². The van der Waals surface area contributed by atoms with Crippen LogP contribution < -0.4 is 5.73 Å². The van der Waals surface area contributed by atoms with E-state index in [9.17, 15) is 22.9 Å². The molecule has 0 radical (unpaired) electrons. The number of nitrogens with two attached hydrogens (primary N) is 1. The van der Waals surface area contributed by atoms with E-state index in [0.29, 0.717) is 6.42 Å². The number of rotatable bonds is 4. The lowest BCUT2D eigenvalue weighted by atomic mass is 10.0. The molecule has 1 fully saturated rings. The second-order valence-electron chi connectivity index (χ2n) is 5.12. The highest BCUT2D eigenvalue weighted by Gasteiger charge is 2.39. The number of nitro benzene ring substituents is 1. The Bertz CT molecular complexity index is 668. The van der Waals surface area contributed by atoms with Gasteiger partial charge in [0.05, 0.1) is 4.92 Å². The van der Waals surface area contributed by atoms with Gasteiger partial charge in [0.1, 0.15) is 5.82 Å². The van der Waals surface area contributed by atoms with E-state index in [1.54, 1.807) is 6.92 Å². The van der Waals surface area contributed by atoms with Crippen LogP contribution in [-0.4, -0.2) is 36.8 Å². The van der Waals surface area contributed by atoms with Crippen LogP contribution in [0.5, 0.6) is 0 Å². The van der Waals surface area contributed by atoms with Crippen LogP contribution in [-0.2, 0) is 10.0 Å². The normalized spacial score (nSPS) is 20.4. The first kappa shape index (κ1) is 18.8. The second kappa shape index (κ2) is 6.86. The molecule has 0 spiro atoms. The van der Waals surface area contributed by atoms with E-state index < -0.39 is 31.3 Å². The molecule has 0 saturated carbocycles. The summed E-state index contributed by atoms with van der Waals surface area (Å²) < 4.78 is 39.9. The van der Waals surface area contributed by atoms with Crippen molar-refractivity contribution in [2.45, 2.75) is 24.3 Å². The lowest BCUT2D eigenvalue weighted by molar-refractivity contribution is -0.388. The zero-order valence-electron chi connectivity index (χ0n) is 11.8. The number of benzene rings is 1. The number of nitrogens with zero attached hydrogens (tertiary/aromatic N) is 2. The minimum Gasteiger partial charge on any atom is -0.328 e. The van der Waals surface area contributed by atoms with Crippen molar-refractivity contribution in [2.24, 2.45) is 11.7 Å². The molecule has 0 amide bonds. The molecule has 2 N–H and O–H groups in total. The van der Waals surface area contributed by atoms with Crippen LogP contribution >= 0.6 is 12.4 Å². The summed E-state index contributed by atoms with van der Waals surface area (Å²) in [6.07, 6.45) is 0.555. The van der Waals surface area contributed by atoms with Crippen LogP contribution in [0.3, 0.4) is 0 Å². The summed E-state index contributed by atoms with van der Waals surface area (Å²) in [5.74, 6) is -1.15. The maximum absolute atomic E-state index is 13.9. The Morgan fingerprint density at radius 2 is 2.14 bits per heavy atom. The van der Waals surface area contributed by atoms with Crippen LogP contribution in [0.2, 0.25) is 0 Å². The molecule has 0 aliphatic carbocycles. The van der Waals surface area contributed by atoms with Crippen molar-refractivity contribution in [1.82, 2.24) is 4.31 Å². The highest BCUT2D eigenvalue weighted by atomic mass is 35.5. The maximum atomic E-state index is 13.9. The van der Waals surface area contributed by atoms with Crippen molar-refractivity contribution in [2.75, 3.05) is 13.1 Å². The van der Waals surface area contributed by atoms with Gasteiger partial charge in [-0.1, -0.05) is 6.07 Å². The molecule has 2 atom stereocenters. The van der Waals surface area contributed by atoms with E-state index >= 15 is 0 Å². The first-order chi connectivity index (χ1) is 9.75. The molecule has 10 heteroatoms. The molecule has 1 aromatic rings. The highest BCUT2D eigenvalue weighted by molar-refractivity contribution is 7.89. The average molecular weight is 354 g/mol. The fourth-order valence-electron chi connectivity index (χ4n) is 2.43. The van der Waals surface area contributed by atoms with Gasteiger partial charge in [-0.25, -0.2) is 12.8 Å². The van der Waals surface area contributed by atoms with E-state index in [1.165, 1.54) is 0 Å². The van der Waals surface area contributed by atoms with Crippen LogP contribution in [0.1, 0.15) is 13.3 Å². The third-order valence-corrected chi connectivity index (χ3v) is 5.60. The first-order valence-electron chi connectivity index (χ1n) is 6.43. The fourth-order valence-corrected chi connectivity index (χ4v) is 4.14. The predicted octanol–water partition coefficient (Wildman–Crippen LogP) is 1.51. The Hall–Kier alpha value is -1.29. The third-order valence-electron chi connectivity index (χ3n) is 3.67. The summed E-state index contributed by atoms with van der Waals surface area (Å²) in [6.45, 7) is 2.10. The maximum Gasteiger partial charge on any atom is 0.292 e. The molecule has 0 bridgehead atoms. The van der Waals surface area contributed by atoms with Gasteiger partial charge in [-0.2, -0.15) is 4.31 Å². The smallest absolute Gasteiger partial charge is 0.292 e. The molecule has 1 aliphatic rings. The molecule has 1 heterocycles. The minimum atomic E-state index is -4.25. The van der Waals surface area contributed by atoms with Crippen LogP contribution in [0.15, 0.2) is 23.1 Å². The molecule has 1 saturated heterocycles. The Morgan fingerprint density at radius 3 is 2.64 bits per heavy atom. The van der Waals surface area contributed by atoms with E-state index in [4.69, 9.17) is 5.73 Å². The lowest BCUT2D eigenvalue weighted by Gasteiger charge is -2.18. The summed E-state index contributed by atoms with van der Waals surface area (Å²) in [4.78, 5) is 9.18. The zero-order valence-corrected chi connectivity index (χ0v) is 13.4. The number of halogens is 2. The molecular weight excluding hydrogens is 337 g/mol. The molecule has 0 aromatic heterocycles.